The van der Waals surface area contributed by atoms with Gasteiger partial charge in [0.05, 0.1) is 12.2 Å². The Kier molecular flexibility index (Phi) is 5.71. The van der Waals surface area contributed by atoms with Gasteiger partial charge in [0.15, 0.2) is 5.03 Å². The highest BCUT2D eigenvalue weighted by molar-refractivity contribution is 7.92. The SMILES string of the molecule is CNC(=O)c1cccc(N(Cc2ccc(Cl)cc2)S(=O)(=O)c2ccn(C)n2)c1. The van der Waals surface area contributed by atoms with Crippen molar-refractivity contribution in [2.24, 2.45) is 7.05 Å². The van der Waals surface area contributed by atoms with E-state index in [1.54, 1.807) is 55.7 Å². The van der Waals surface area contributed by atoms with Crippen LogP contribution in [0.3, 0.4) is 0 Å². The average Bonchev–Trinajstić information content (AvgIpc) is 3.14. The molecular formula is C19H19ClN4O3S. The second kappa shape index (κ2) is 8.04. The Morgan fingerprint density at radius 2 is 1.89 bits per heavy atom. The fraction of sp³-hybridized carbons (Fsp3) is 0.158. The summed E-state index contributed by atoms with van der Waals surface area (Å²) in [6, 6.07) is 14.8. The van der Waals surface area contributed by atoms with Gasteiger partial charge in [-0.25, -0.2) is 0 Å². The molecule has 0 bridgehead atoms. The van der Waals surface area contributed by atoms with E-state index in [4.69, 9.17) is 11.6 Å². The summed E-state index contributed by atoms with van der Waals surface area (Å²) < 4.78 is 29.2. The summed E-state index contributed by atoms with van der Waals surface area (Å²) in [4.78, 5) is 12.0. The van der Waals surface area contributed by atoms with E-state index in [1.165, 1.54) is 28.2 Å². The smallest absolute Gasteiger partial charge is 0.283 e. The zero-order valence-electron chi connectivity index (χ0n) is 15.3. The first-order chi connectivity index (χ1) is 13.3. The van der Waals surface area contributed by atoms with E-state index in [9.17, 15) is 13.2 Å². The fourth-order valence-electron chi connectivity index (χ4n) is 2.66. The zero-order valence-corrected chi connectivity index (χ0v) is 16.9. The highest BCUT2D eigenvalue weighted by Crippen LogP contribution is 2.26. The molecule has 9 heteroatoms. The lowest BCUT2D eigenvalue weighted by Gasteiger charge is -2.24. The van der Waals surface area contributed by atoms with Gasteiger partial charge in [0, 0.05) is 30.9 Å². The third kappa shape index (κ3) is 4.18. The molecule has 0 spiro atoms. The molecule has 0 radical (unpaired) electrons. The number of benzene rings is 2. The number of amides is 1. The average molecular weight is 419 g/mol. The van der Waals surface area contributed by atoms with Crippen LogP contribution >= 0.6 is 11.6 Å². The van der Waals surface area contributed by atoms with Crippen LogP contribution in [0, 0.1) is 0 Å². The summed E-state index contributed by atoms with van der Waals surface area (Å²) in [6.45, 7) is 0.0628. The maximum absolute atomic E-state index is 13.3. The van der Waals surface area contributed by atoms with Crippen molar-refractivity contribution in [3.63, 3.8) is 0 Å². The number of rotatable bonds is 6. The molecule has 1 heterocycles. The molecule has 1 aromatic heterocycles. The Hall–Kier alpha value is -2.84. The molecule has 7 nitrogen and oxygen atoms in total. The molecule has 1 amide bonds. The highest BCUT2D eigenvalue weighted by Gasteiger charge is 2.28. The largest absolute Gasteiger partial charge is 0.355 e. The van der Waals surface area contributed by atoms with Gasteiger partial charge in [-0.1, -0.05) is 29.8 Å². The molecule has 1 N–H and O–H groups in total. The van der Waals surface area contributed by atoms with E-state index < -0.39 is 10.0 Å². The highest BCUT2D eigenvalue weighted by atomic mass is 35.5. The first-order valence-corrected chi connectivity index (χ1v) is 10.2. The van der Waals surface area contributed by atoms with Gasteiger partial charge in [-0.3, -0.25) is 13.8 Å². The number of sulfonamides is 1. The third-order valence-electron chi connectivity index (χ3n) is 4.11. The summed E-state index contributed by atoms with van der Waals surface area (Å²) in [6.07, 6.45) is 1.56. The van der Waals surface area contributed by atoms with E-state index in [-0.39, 0.29) is 17.5 Å². The molecule has 28 heavy (non-hydrogen) atoms. The van der Waals surface area contributed by atoms with Crippen molar-refractivity contribution in [2.45, 2.75) is 11.6 Å². The standard InChI is InChI=1S/C19H19ClN4O3S/c1-21-19(25)15-4-3-5-17(12-15)24(13-14-6-8-16(20)9-7-14)28(26,27)18-10-11-23(2)22-18/h3-12H,13H2,1-2H3,(H,21,25). The van der Waals surface area contributed by atoms with Crippen molar-refractivity contribution in [2.75, 3.05) is 11.4 Å². The normalized spacial score (nSPS) is 11.2. The lowest BCUT2D eigenvalue weighted by atomic mass is 10.1. The van der Waals surface area contributed by atoms with Crippen molar-refractivity contribution in [3.8, 4) is 0 Å². The van der Waals surface area contributed by atoms with Gasteiger partial charge in [-0.2, -0.15) is 13.5 Å². The Morgan fingerprint density at radius 1 is 1.18 bits per heavy atom. The molecule has 0 unspecified atom stereocenters. The van der Waals surface area contributed by atoms with Crippen LogP contribution in [0.4, 0.5) is 5.69 Å². The number of halogens is 1. The lowest BCUT2D eigenvalue weighted by Crippen LogP contribution is -2.31. The topological polar surface area (TPSA) is 84.3 Å². The number of anilines is 1. The number of carbonyl (C=O) groups is 1. The Balaban J connectivity index is 2.09. The van der Waals surface area contributed by atoms with Crippen molar-refractivity contribution in [3.05, 3.63) is 76.9 Å². The predicted molar refractivity (Wildman–Crippen MR) is 108 cm³/mol. The zero-order chi connectivity index (χ0) is 20.3. The first-order valence-electron chi connectivity index (χ1n) is 8.40. The molecule has 0 aliphatic heterocycles. The molecule has 0 atom stereocenters. The van der Waals surface area contributed by atoms with Crippen molar-refractivity contribution < 1.29 is 13.2 Å². The number of carbonyl (C=O) groups excluding carboxylic acids is 1. The second-order valence-electron chi connectivity index (χ2n) is 6.10. The van der Waals surface area contributed by atoms with Crippen LogP contribution in [0.1, 0.15) is 15.9 Å². The summed E-state index contributed by atoms with van der Waals surface area (Å²) in [5.74, 6) is -0.302. The lowest BCUT2D eigenvalue weighted by molar-refractivity contribution is 0.0963. The number of hydrogen-bond acceptors (Lipinski definition) is 4. The summed E-state index contributed by atoms with van der Waals surface area (Å²) in [5, 5.41) is 7.07. The predicted octanol–water partition coefficient (Wildman–Crippen LogP) is 2.83. The first kappa shape index (κ1) is 19.9. The molecular weight excluding hydrogens is 400 g/mol. The van der Waals surface area contributed by atoms with Crippen LogP contribution in [-0.2, 0) is 23.6 Å². The van der Waals surface area contributed by atoms with E-state index in [2.05, 4.69) is 10.4 Å². The Labute approximate surface area is 168 Å². The van der Waals surface area contributed by atoms with Crippen LogP contribution in [0.15, 0.2) is 65.8 Å². The number of aromatic nitrogens is 2. The second-order valence-corrected chi connectivity index (χ2v) is 8.34. The minimum atomic E-state index is -3.95. The van der Waals surface area contributed by atoms with Crippen molar-refractivity contribution in [1.29, 1.82) is 0 Å². The van der Waals surface area contributed by atoms with E-state index in [1.807, 2.05) is 0 Å². The maximum atomic E-state index is 13.3. The summed E-state index contributed by atoms with van der Waals surface area (Å²) in [5.41, 5.74) is 1.47. The van der Waals surface area contributed by atoms with E-state index >= 15 is 0 Å². The van der Waals surface area contributed by atoms with Crippen LogP contribution in [-0.4, -0.2) is 31.2 Å². The Morgan fingerprint density at radius 3 is 2.50 bits per heavy atom. The van der Waals surface area contributed by atoms with Gasteiger partial charge in [-0.05, 0) is 42.0 Å². The van der Waals surface area contributed by atoms with Gasteiger partial charge in [0.2, 0.25) is 0 Å². The van der Waals surface area contributed by atoms with Crippen LogP contribution in [0.2, 0.25) is 5.02 Å². The van der Waals surface area contributed by atoms with Crippen LogP contribution in [0.25, 0.3) is 0 Å². The van der Waals surface area contributed by atoms with Gasteiger partial charge < -0.3 is 5.32 Å². The molecule has 3 aromatic rings. The number of aryl methyl sites for hydroxylation is 1. The van der Waals surface area contributed by atoms with Crippen LogP contribution in [0.5, 0.6) is 0 Å². The Bertz CT molecular complexity index is 1090. The molecule has 0 fully saturated rings. The van der Waals surface area contributed by atoms with Gasteiger partial charge in [-0.15, -0.1) is 0 Å². The molecule has 146 valence electrons. The number of nitrogens with zero attached hydrogens (tertiary/aromatic N) is 3. The maximum Gasteiger partial charge on any atom is 0.283 e. The van der Waals surface area contributed by atoms with Crippen molar-refractivity contribution >= 4 is 33.2 Å². The van der Waals surface area contributed by atoms with Gasteiger partial charge >= 0.3 is 0 Å². The molecule has 3 rings (SSSR count). The minimum Gasteiger partial charge on any atom is -0.355 e. The quantitative estimate of drug-likeness (QED) is 0.667. The molecule has 0 aliphatic rings. The molecule has 0 aliphatic carbocycles. The third-order valence-corrected chi connectivity index (χ3v) is 6.02. The van der Waals surface area contributed by atoms with Crippen molar-refractivity contribution in [1.82, 2.24) is 15.1 Å². The van der Waals surface area contributed by atoms with Crippen LogP contribution < -0.4 is 9.62 Å². The molecule has 2 aromatic carbocycles. The number of nitrogens with one attached hydrogen (secondary N) is 1. The molecule has 0 saturated carbocycles. The van der Waals surface area contributed by atoms with E-state index in [0.717, 1.165) is 5.56 Å². The molecule has 0 saturated heterocycles. The monoisotopic (exact) mass is 418 g/mol. The summed E-state index contributed by atoms with van der Waals surface area (Å²) >= 11 is 5.94. The fourth-order valence-corrected chi connectivity index (χ4v) is 4.19. The number of hydrogen-bond donors (Lipinski definition) is 1. The van der Waals surface area contributed by atoms with Gasteiger partial charge in [0.1, 0.15) is 0 Å². The van der Waals surface area contributed by atoms with Gasteiger partial charge in [0.25, 0.3) is 15.9 Å². The van der Waals surface area contributed by atoms with E-state index in [0.29, 0.717) is 16.3 Å². The summed E-state index contributed by atoms with van der Waals surface area (Å²) in [7, 11) is -0.788. The minimum absolute atomic E-state index is 0.0628.